The lowest BCUT2D eigenvalue weighted by atomic mass is 9.94. The van der Waals surface area contributed by atoms with Crippen molar-refractivity contribution in [3.63, 3.8) is 0 Å². The number of hydrogen-bond donors (Lipinski definition) is 0. The highest BCUT2D eigenvalue weighted by Gasteiger charge is 2.19. The summed E-state index contributed by atoms with van der Waals surface area (Å²) in [6, 6.07) is 19.4. The number of benzene rings is 2. The average molecular weight is 459 g/mol. The quantitative estimate of drug-likeness (QED) is 0.214. The monoisotopic (exact) mass is 458 g/mol. The van der Waals surface area contributed by atoms with E-state index in [-0.39, 0.29) is 5.78 Å². The summed E-state index contributed by atoms with van der Waals surface area (Å²) in [5, 5.41) is 9.46. The highest BCUT2D eigenvalue weighted by molar-refractivity contribution is 7.99. The minimum atomic E-state index is 0.0875. The second-order valence-corrected chi connectivity index (χ2v) is 9.31. The molecule has 0 N–H and O–H groups in total. The van der Waals surface area contributed by atoms with E-state index in [0.29, 0.717) is 0 Å². The van der Waals surface area contributed by atoms with Crippen LogP contribution < -0.4 is 0 Å². The Bertz CT molecular complexity index is 1230. The number of thioether (sulfide) groups is 1. The molecule has 0 amide bonds. The Morgan fingerprint density at radius 3 is 2.73 bits per heavy atom. The third-order valence-electron chi connectivity index (χ3n) is 6.02. The molecule has 3 heterocycles. The number of fused-ring (bicyclic) bond motifs is 1. The van der Waals surface area contributed by atoms with Crippen LogP contribution in [0.3, 0.4) is 0 Å². The Morgan fingerprint density at radius 2 is 1.91 bits per heavy atom. The number of carbonyl (C=O) groups excluding carboxylic acids is 1. The zero-order valence-corrected chi connectivity index (χ0v) is 19.4. The molecule has 0 bridgehead atoms. The van der Waals surface area contributed by atoms with Gasteiger partial charge >= 0.3 is 0 Å². The van der Waals surface area contributed by atoms with Crippen LogP contribution in [0.1, 0.15) is 33.5 Å². The van der Waals surface area contributed by atoms with E-state index >= 15 is 0 Å². The SMILES string of the molecule is Cn1c(SCCCN2CCc3ccc(C(=O)c4ccccc4)cc3C2)nnc1-c1ccco1. The molecule has 0 radical (unpaired) electrons. The normalized spacial score (nSPS) is 13.7. The van der Waals surface area contributed by atoms with Gasteiger partial charge < -0.3 is 8.98 Å². The fourth-order valence-corrected chi connectivity index (χ4v) is 5.05. The molecule has 0 atom stereocenters. The molecule has 7 heteroatoms. The lowest BCUT2D eigenvalue weighted by Crippen LogP contribution is -2.31. The summed E-state index contributed by atoms with van der Waals surface area (Å²) in [5.41, 5.74) is 4.13. The zero-order valence-electron chi connectivity index (χ0n) is 18.6. The van der Waals surface area contributed by atoms with Crippen molar-refractivity contribution >= 4 is 17.5 Å². The van der Waals surface area contributed by atoms with Crippen molar-refractivity contribution in [2.24, 2.45) is 7.05 Å². The molecule has 4 aromatic rings. The molecule has 1 aliphatic rings. The van der Waals surface area contributed by atoms with Crippen molar-refractivity contribution in [3.05, 3.63) is 89.2 Å². The van der Waals surface area contributed by atoms with Crippen molar-refractivity contribution in [2.75, 3.05) is 18.8 Å². The topological polar surface area (TPSA) is 64.2 Å². The van der Waals surface area contributed by atoms with E-state index in [0.717, 1.165) is 66.1 Å². The first-order valence-electron chi connectivity index (χ1n) is 11.2. The van der Waals surface area contributed by atoms with E-state index in [9.17, 15) is 4.79 Å². The molecule has 1 aliphatic heterocycles. The van der Waals surface area contributed by atoms with Crippen LogP contribution in [0.2, 0.25) is 0 Å². The van der Waals surface area contributed by atoms with E-state index in [2.05, 4.69) is 27.2 Å². The fraction of sp³-hybridized carbons (Fsp3) is 0.269. The smallest absolute Gasteiger partial charge is 0.200 e. The number of rotatable bonds is 8. The van der Waals surface area contributed by atoms with E-state index in [1.54, 1.807) is 18.0 Å². The molecule has 5 rings (SSSR count). The van der Waals surface area contributed by atoms with Gasteiger partial charge in [-0.25, -0.2) is 0 Å². The summed E-state index contributed by atoms with van der Waals surface area (Å²) in [7, 11) is 1.97. The van der Waals surface area contributed by atoms with Gasteiger partial charge in [0, 0.05) is 37.0 Å². The van der Waals surface area contributed by atoms with Gasteiger partial charge in [-0.1, -0.05) is 54.2 Å². The Balaban J connectivity index is 1.15. The van der Waals surface area contributed by atoms with Gasteiger partial charge in [-0.05, 0) is 48.7 Å². The second kappa shape index (κ2) is 9.77. The number of hydrogen-bond acceptors (Lipinski definition) is 6. The van der Waals surface area contributed by atoms with E-state index in [4.69, 9.17) is 4.42 Å². The molecule has 0 unspecified atom stereocenters. The maximum absolute atomic E-state index is 12.8. The summed E-state index contributed by atoms with van der Waals surface area (Å²) in [6.45, 7) is 2.96. The van der Waals surface area contributed by atoms with Crippen molar-refractivity contribution < 1.29 is 9.21 Å². The first-order valence-corrected chi connectivity index (χ1v) is 12.2. The summed E-state index contributed by atoms with van der Waals surface area (Å²) in [5.74, 6) is 2.54. The highest BCUT2D eigenvalue weighted by atomic mass is 32.2. The lowest BCUT2D eigenvalue weighted by Gasteiger charge is -2.29. The van der Waals surface area contributed by atoms with Crippen LogP contribution in [0.15, 0.2) is 76.5 Å². The predicted octanol–water partition coefficient (Wildman–Crippen LogP) is 4.85. The number of ketones is 1. The Hall–Kier alpha value is -3.16. The van der Waals surface area contributed by atoms with E-state index < -0.39 is 0 Å². The van der Waals surface area contributed by atoms with Gasteiger partial charge in [-0.15, -0.1) is 10.2 Å². The van der Waals surface area contributed by atoms with Gasteiger partial charge in [0.2, 0.25) is 0 Å². The van der Waals surface area contributed by atoms with Gasteiger partial charge in [-0.3, -0.25) is 9.69 Å². The maximum atomic E-state index is 12.8. The molecule has 0 spiro atoms. The molecule has 0 saturated carbocycles. The number of furan rings is 1. The Labute approximate surface area is 197 Å². The molecule has 0 saturated heterocycles. The molecule has 0 fully saturated rings. The van der Waals surface area contributed by atoms with Crippen molar-refractivity contribution in [1.82, 2.24) is 19.7 Å². The van der Waals surface area contributed by atoms with Crippen LogP contribution in [0.5, 0.6) is 0 Å². The highest BCUT2D eigenvalue weighted by Crippen LogP contribution is 2.25. The van der Waals surface area contributed by atoms with E-state index in [1.807, 2.05) is 60.1 Å². The largest absolute Gasteiger partial charge is 0.461 e. The summed E-state index contributed by atoms with van der Waals surface area (Å²) in [4.78, 5) is 15.3. The minimum Gasteiger partial charge on any atom is -0.461 e. The van der Waals surface area contributed by atoms with Crippen LogP contribution in [-0.4, -0.2) is 44.3 Å². The summed E-state index contributed by atoms with van der Waals surface area (Å²) in [6.07, 6.45) is 3.73. The number of aromatic nitrogens is 3. The summed E-state index contributed by atoms with van der Waals surface area (Å²) >= 11 is 1.72. The van der Waals surface area contributed by atoms with Crippen molar-refractivity contribution in [3.8, 4) is 11.6 Å². The van der Waals surface area contributed by atoms with Gasteiger partial charge in [-0.2, -0.15) is 0 Å². The van der Waals surface area contributed by atoms with Crippen LogP contribution in [-0.2, 0) is 20.0 Å². The fourth-order valence-electron chi connectivity index (χ4n) is 4.22. The first-order chi connectivity index (χ1) is 16.2. The third-order valence-corrected chi connectivity index (χ3v) is 7.13. The second-order valence-electron chi connectivity index (χ2n) is 8.25. The third kappa shape index (κ3) is 4.79. The van der Waals surface area contributed by atoms with Crippen molar-refractivity contribution in [1.29, 1.82) is 0 Å². The van der Waals surface area contributed by atoms with Crippen LogP contribution in [0, 0.1) is 0 Å². The predicted molar refractivity (Wildman–Crippen MR) is 129 cm³/mol. The number of carbonyl (C=O) groups is 1. The standard InChI is InChI=1S/C26H26N4O2S/c1-29-25(23-9-5-15-32-23)27-28-26(29)33-16-6-13-30-14-12-19-10-11-21(17-22(19)18-30)24(31)20-7-3-2-4-8-20/h2-5,7-11,15,17H,6,12-14,16,18H2,1H3. The molecule has 0 aliphatic carbocycles. The van der Waals surface area contributed by atoms with Crippen LogP contribution in [0.4, 0.5) is 0 Å². The number of nitrogens with zero attached hydrogens (tertiary/aromatic N) is 4. The van der Waals surface area contributed by atoms with Crippen molar-refractivity contribution in [2.45, 2.75) is 24.5 Å². The summed E-state index contributed by atoms with van der Waals surface area (Å²) < 4.78 is 7.41. The van der Waals surface area contributed by atoms with Crippen LogP contribution in [0.25, 0.3) is 11.6 Å². The molecule has 168 valence electrons. The zero-order chi connectivity index (χ0) is 22.6. The Kier molecular flexibility index (Phi) is 6.41. The van der Waals surface area contributed by atoms with Gasteiger partial charge in [0.05, 0.1) is 6.26 Å². The lowest BCUT2D eigenvalue weighted by molar-refractivity contribution is 0.103. The Morgan fingerprint density at radius 1 is 1.03 bits per heavy atom. The van der Waals surface area contributed by atoms with Gasteiger partial charge in [0.1, 0.15) is 0 Å². The van der Waals surface area contributed by atoms with E-state index in [1.165, 1.54) is 11.1 Å². The average Bonchev–Trinajstić information content (AvgIpc) is 3.51. The first kappa shape index (κ1) is 21.7. The molecule has 33 heavy (non-hydrogen) atoms. The molecular formula is C26H26N4O2S. The van der Waals surface area contributed by atoms with Gasteiger partial charge in [0.25, 0.3) is 0 Å². The molecule has 2 aromatic carbocycles. The van der Waals surface area contributed by atoms with Gasteiger partial charge in [0.15, 0.2) is 22.5 Å². The maximum Gasteiger partial charge on any atom is 0.200 e. The molecule has 6 nitrogen and oxygen atoms in total. The molecular weight excluding hydrogens is 432 g/mol. The van der Waals surface area contributed by atoms with Crippen LogP contribution >= 0.6 is 11.8 Å². The minimum absolute atomic E-state index is 0.0875. The molecule has 2 aromatic heterocycles.